The molecule has 2 aliphatic rings. The molecular formula is C8H9NS2. The van der Waals surface area contributed by atoms with E-state index in [9.17, 15) is 0 Å². The van der Waals surface area contributed by atoms with Crippen molar-refractivity contribution in [3.63, 3.8) is 0 Å². The molecule has 1 aliphatic heterocycles. The van der Waals surface area contributed by atoms with Gasteiger partial charge in [0.2, 0.25) is 0 Å². The van der Waals surface area contributed by atoms with Crippen LogP contribution in [0.5, 0.6) is 0 Å². The summed E-state index contributed by atoms with van der Waals surface area (Å²) in [5, 5.41) is 7.95. The number of thioether (sulfide) groups is 1. The maximum atomic E-state index is 3.48. The van der Waals surface area contributed by atoms with Crippen molar-refractivity contribution >= 4 is 28.8 Å². The molecule has 1 saturated carbocycles. The van der Waals surface area contributed by atoms with E-state index >= 15 is 0 Å². The maximum Gasteiger partial charge on any atom is 0.0587 e. The van der Waals surface area contributed by atoms with Crippen LogP contribution in [-0.2, 0) is 0 Å². The molecule has 0 saturated heterocycles. The van der Waals surface area contributed by atoms with E-state index in [1.165, 1.54) is 30.0 Å². The number of anilines is 1. The molecule has 0 radical (unpaired) electrons. The van der Waals surface area contributed by atoms with Gasteiger partial charge in [0.1, 0.15) is 0 Å². The van der Waals surface area contributed by atoms with E-state index in [2.05, 4.69) is 27.8 Å². The zero-order valence-electron chi connectivity index (χ0n) is 6.09. The fraction of sp³-hybridized carbons (Fsp3) is 0.500. The number of nitrogens with one attached hydrogen (secondary N) is 1. The minimum absolute atomic E-state index is 0.605. The Bertz CT molecular complexity index is 288. The molecule has 0 unspecified atom stereocenters. The van der Waals surface area contributed by atoms with Crippen LogP contribution in [0.1, 0.15) is 12.8 Å². The Kier molecular flexibility index (Phi) is 1.13. The highest BCUT2D eigenvalue weighted by molar-refractivity contribution is 8.01. The van der Waals surface area contributed by atoms with E-state index in [-0.39, 0.29) is 0 Å². The Balaban J connectivity index is 2.00. The first-order valence-electron chi connectivity index (χ1n) is 3.87. The molecule has 1 aromatic heterocycles. The van der Waals surface area contributed by atoms with Crippen molar-refractivity contribution in [1.82, 2.24) is 0 Å². The van der Waals surface area contributed by atoms with Gasteiger partial charge < -0.3 is 5.32 Å². The second-order valence-electron chi connectivity index (χ2n) is 3.29. The molecule has 0 aromatic carbocycles. The number of hydrogen-bond acceptors (Lipinski definition) is 3. The topological polar surface area (TPSA) is 12.0 Å². The summed E-state index contributed by atoms with van der Waals surface area (Å²) in [7, 11) is 0. The Morgan fingerprint density at radius 3 is 3.09 bits per heavy atom. The molecule has 2 heterocycles. The number of fused-ring (bicyclic) bond motifs is 1. The fourth-order valence-electron chi connectivity index (χ4n) is 1.44. The van der Waals surface area contributed by atoms with Crippen LogP contribution in [0.4, 0.5) is 5.69 Å². The third-order valence-electron chi connectivity index (χ3n) is 2.36. The Hall–Kier alpha value is -0.150. The predicted octanol–water partition coefficient (Wildman–Crippen LogP) is 2.80. The zero-order valence-corrected chi connectivity index (χ0v) is 7.73. The van der Waals surface area contributed by atoms with Gasteiger partial charge in [-0.15, -0.1) is 23.1 Å². The first-order chi connectivity index (χ1) is 5.38. The van der Waals surface area contributed by atoms with Crippen LogP contribution in [0, 0.1) is 0 Å². The summed E-state index contributed by atoms with van der Waals surface area (Å²) in [5.41, 5.74) is 1.36. The molecule has 1 nitrogen and oxygen atoms in total. The summed E-state index contributed by atoms with van der Waals surface area (Å²) in [5.74, 6) is 0. The van der Waals surface area contributed by atoms with Crippen molar-refractivity contribution in [2.24, 2.45) is 0 Å². The normalized spacial score (nSPS) is 24.4. The molecule has 1 spiro atoms. The van der Waals surface area contributed by atoms with Crippen molar-refractivity contribution in [3.8, 4) is 0 Å². The largest absolute Gasteiger partial charge is 0.382 e. The van der Waals surface area contributed by atoms with Gasteiger partial charge in [0.15, 0.2) is 0 Å². The van der Waals surface area contributed by atoms with Gasteiger partial charge in [0.05, 0.1) is 5.69 Å². The van der Waals surface area contributed by atoms with Crippen molar-refractivity contribution in [3.05, 3.63) is 10.8 Å². The average Bonchev–Trinajstić information content (AvgIpc) is 2.63. The Morgan fingerprint density at radius 1 is 1.36 bits per heavy atom. The molecule has 1 fully saturated rings. The van der Waals surface area contributed by atoms with Crippen LogP contribution in [0.2, 0.25) is 0 Å². The van der Waals surface area contributed by atoms with Gasteiger partial charge in [0, 0.05) is 26.9 Å². The Labute approximate surface area is 74.2 Å². The lowest BCUT2D eigenvalue weighted by Gasteiger charge is -2.22. The third-order valence-corrected chi connectivity index (χ3v) is 4.80. The van der Waals surface area contributed by atoms with E-state index in [1.54, 1.807) is 11.3 Å². The van der Waals surface area contributed by atoms with Gasteiger partial charge >= 0.3 is 0 Å². The highest BCUT2D eigenvalue weighted by atomic mass is 32.2. The van der Waals surface area contributed by atoms with Gasteiger partial charge in [-0.2, -0.15) is 0 Å². The summed E-state index contributed by atoms with van der Waals surface area (Å²) in [6.07, 6.45) is 2.81. The van der Waals surface area contributed by atoms with Gasteiger partial charge in [-0.1, -0.05) is 0 Å². The fourth-order valence-corrected chi connectivity index (χ4v) is 3.69. The van der Waals surface area contributed by atoms with Gasteiger partial charge in [-0.3, -0.25) is 0 Å². The van der Waals surface area contributed by atoms with E-state index in [1.807, 2.05) is 0 Å². The lowest BCUT2D eigenvalue weighted by Crippen LogP contribution is -2.21. The first-order valence-corrected chi connectivity index (χ1v) is 5.63. The molecule has 1 N–H and O–H groups in total. The van der Waals surface area contributed by atoms with Crippen molar-refractivity contribution in [1.29, 1.82) is 0 Å². The van der Waals surface area contributed by atoms with Gasteiger partial charge in [0.25, 0.3) is 0 Å². The molecule has 0 bridgehead atoms. The SMILES string of the molecule is c1scc2c1NCC1(CC1)S2. The van der Waals surface area contributed by atoms with E-state index in [0.717, 1.165) is 0 Å². The second-order valence-corrected chi connectivity index (χ2v) is 5.54. The van der Waals surface area contributed by atoms with Gasteiger partial charge in [-0.05, 0) is 12.8 Å². The number of thiophene rings is 1. The summed E-state index contributed by atoms with van der Waals surface area (Å²) >= 11 is 3.88. The summed E-state index contributed by atoms with van der Waals surface area (Å²) in [6.45, 7) is 1.18. The Morgan fingerprint density at radius 2 is 2.27 bits per heavy atom. The van der Waals surface area contributed by atoms with Gasteiger partial charge in [-0.25, -0.2) is 0 Å². The molecule has 3 rings (SSSR count). The van der Waals surface area contributed by atoms with Crippen LogP contribution in [-0.4, -0.2) is 11.3 Å². The van der Waals surface area contributed by atoms with Crippen LogP contribution in [0.15, 0.2) is 15.7 Å². The standard InChI is InChI=1S/C8H9NS2/c1-2-8(1)5-9-6-3-10-4-7(6)11-8/h3-4,9H,1-2,5H2. The molecular weight excluding hydrogens is 174 g/mol. The van der Waals surface area contributed by atoms with Crippen molar-refractivity contribution in [2.45, 2.75) is 22.5 Å². The monoisotopic (exact) mass is 183 g/mol. The molecule has 58 valence electrons. The predicted molar refractivity (Wildman–Crippen MR) is 50.6 cm³/mol. The molecule has 0 atom stereocenters. The van der Waals surface area contributed by atoms with E-state index < -0.39 is 0 Å². The zero-order chi connectivity index (χ0) is 7.31. The molecule has 1 aromatic rings. The lowest BCUT2D eigenvalue weighted by molar-refractivity contribution is 0.927. The second kappa shape index (κ2) is 1.96. The maximum absolute atomic E-state index is 3.48. The highest BCUT2D eigenvalue weighted by Crippen LogP contribution is 2.56. The van der Waals surface area contributed by atoms with Crippen molar-refractivity contribution in [2.75, 3.05) is 11.9 Å². The average molecular weight is 183 g/mol. The van der Waals surface area contributed by atoms with E-state index in [0.29, 0.717) is 4.75 Å². The quantitative estimate of drug-likeness (QED) is 0.664. The summed E-state index contributed by atoms with van der Waals surface area (Å²) < 4.78 is 0.605. The summed E-state index contributed by atoms with van der Waals surface area (Å²) in [6, 6.07) is 0. The smallest absolute Gasteiger partial charge is 0.0587 e. The first kappa shape index (κ1) is 6.38. The van der Waals surface area contributed by atoms with Crippen LogP contribution in [0.3, 0.4) is 0 Å². The summed E-state index contributed by atoms with van der Waals surface area (Å²) in [4.78, 5) is 1.47. The minimum Gasteiger partial charge on any atom is -0.382 e. The number of rotatable bonds is 0. The lowest BCUT2D eigenvalue weighted by atomic mass is 10.4. The highest BCUT2D eigenvalue weighted by Gasteiger charge is 2.46. The minimum atomic E-state index is 0.605. The molecule has 11 heavy (non-hydrogen) atoms. The van der Waals surface area contributed by atoms with Crippen molar-refractivity contribution < 1.29 is 0 Å². The van der Waals surface area contributed by atoms with Crippen LogP contribution < -0.4 is 5.32 Å². The number of hydrogen-bond donors (Lipinski definition) is 1. The third kappa shape index (κ3) is 0.908. The van der Waals surface area contributed by atoms with Crippen LogP contribution in [0.25, 0.3) is 0 Å². The molecule has 1 aliphatic carbocycles. The van der Waals surface area contributed by atoms with E-state index in [4.69, 9.17) is 0 Å². The molecule has 3 heteroatoms. The van der Waals surface area contributed by atoms with Crippen LogP contribution >= 0.6 is 23.1 Å². The molecule has 0 amide bonds.